The van der Waals surface area contributed by atoms with Crippen LogP contribution in [0.5, 0.6) is 0 Å². The van der Waals surface area contributed by atoms with E-state index in [4.69, 9.17) is 0 Å². The molecule has 0 fully saturated rings. The first-order chi connectivity index (χ1) is 11.0. The van der Waals surface area contributed by atoms with Gasteiger partial charge in [0, 0.05) is 17.1 Å². The molecule has 23 heavy (non-hydrogen) atoms. The summed E-state index contributed by atoms with van der Waals surface area (Å²) in [5.41, 5.74) is 1.94. The molecule has 0 radical (unpaired) electrons. The van der Waals surface area contributed by atoms with Gasteiger partial charge in [0.15, 0.2) is 0 Å². The highest BCUT2D eigenvalue weighted by Crippen LogP contribution is 2.34. The predicted octanol–water partition coefficient (Wildman–Crippen LogP) is 5.65. The van der Waals surface area contributed by atoms with E-state index in [9.17, 15) is 13.2 Å². The smallest absolute Gasteiger partial charge is 0.255 e. The van der Waals surface area contributed by atoms with Gasteiger partial charge >= 0.3 is 6.18 Å². The lowest BCUT2D eigenvalue weighted by Crippen LogP contribution is -2.05. The fourth-order valence-corrected chi connectivity index (χ4v) is 2.66. The van der Waals surface area contributed by atoms with E-state index in [0.717, 1.165) is 34.3 Å². The molecule has 1 heterocycles. The minimum Gasteiger partial charge on any atom is -0.255 e. The fraction of sp³-hybridized carbons (Fsp3) is 0.105. The van der Waals surface area contributed by atoms with E-state index in [1.807, 2.05) is 30.3 Å². The van der Waals surface area contributed by atoms with E-state index < -0.39 is 11.7 Å². The van der Waals surface area contributed by atoms with Crippen LogP contribution >= 0.6 is 0 Å². The molecule has 116 valence electrons. The molecule has 3 rings (SSSR count). The number of aromatic nitrogens is 1. The van der Waals surface area contributed by atoms with Crippen LogP contribution in [0.2, 0.25) is 0 Å². The number of pyridine rings is 1. The summed E-state index contributed by atoms with van der Waals surface area (Å²) >= 11 is 0. The van der Waals surface area contributed by atoms with E-state index in [0.29, 0.717) is 11.8 Å². The van der Waals surface area contributed by atoms with Crippen molar-refractivity contribution in [3.63, 3.8) is 0 Å². The molecule has 0 spiro atoms. The second-order valence-electron chi connectivity index (χ2n) is 5.24. The number of alkyl halides is 3. The topological polar surface area (TPSA) is 12.9 Å². The summed E-state index contributed by atoms with van der Waals surface area (Å²) in [6, 6.07) is 13.4. The quantitative estimate of drug-likeness (QED) is 0.569. The van der Waals surface area contributed by atoms with Crippen molar-refractivity contribution in [2.45, 2.75) is 12.6 Å². The third-order valence-electron chi connectivity index (χ3n) is 3.72. The minimum atomic E-state index is -4.36. The third kappa shape index (κ3) is 2.97. The van der Waals surface area contributed by atoms with Crippen molar-refractivity contribution in [2.24, 2.45) is 0 Å². The number of fused-ring (bicyclic) bond motifs is 1. The van der Waals surface area contributed by atoms with Crippen molar-refractivity contribution in [2.75, 3.05) is 0 Å². The van der Waals surface area contributed by atoms with Crippen LogP contribution in [-0.2, 0) is 12.6 Å². The molecule has 0 amide bonds. The van der Waals surface area contributed by atoms with Crippen molar-refractivity contribution in [3.05, 3.63) is 78.5 Å². The number of halogens is 3. The van der Waals surface area contributed by atoms with Crippen molar-refractivity contribution >= 4 is 10.8 Å². The van der Waals surface area contributed by atoms with Crippen molar-refractivity contribution < 1.29 is 13.2 Å². The number of allylic oxidation sites excluding steroid dienone is 1. The first-order valence-corrected chi connectivity index (χ1v) is 7.16. The molecule has 0 bridgehead atoms. The number of nitrogens with zero attached hydrogens (tertiary/aromatic N) is 1. The maximum Gasteiger partial charge on any atom is 0.416 e. The molecule has 1 aromatic heterocycles. The van der Waals surface area contributed by atoms with Gasteiger partial charge in [-0.05, 0) is 29.5 Å². The summed E-state index contributed by atoms with van der Waals surface area (Å²) in [5, 5.41) is 1.25. The average Bonchev–Trinajstić information content (AvgIpc) is 2.55. The van der Waals surface area contributed by atoms with Crippen LogP contribution in [0.3, 0.4) is 0 Å². The summed E-state index contributed by atoms with van der Waals surface area (Å²) < 4.78 is 38.6. The fourth-order valence-electron chi connectivity index (χ4n) is 2.66. The minimum absolute atomic E-state index is 0.483. The molecule has 3 aromatic rings. The van der Waals surface area contributed by atoms with Gasteiger partial charge in [-0.15, -0.1) is 6.58 Å². The first kappa shape index (κ1) is 15.3. The van der Waals surface area contributed by atoms with E-state index in [1.54, 1.807) is 6.08 Å². The van der Waals surface area contributed by atoms with Crippen molar-refractivity contribution in [1.29, 1.82) is 0 Å². The highest BCUT2D eigenvalue weighted by Gasteiger charge is 2.30. The van der Waals surface area contributed by atoms with Crippen LogP contribution in [0, 0.1) is 0 Å². The number of hydrogen-bond acceptors (Lipinski definition) is 1. The molecule has 4 heteroatoms. The van der Waals surface area contributed by atoms with E-state index in [1.165, 1.54) is 12.3 Å². The van der Waals surface area contributed by atoms with Gasteiger partial charge in [0.2, 0.25) is 0 Å². The van der Waals surface area contributed by atoms with Crippen LogP contribution in [0.1, 0.15) is 11.1 Å². The second-order valence-corrected chi connectivity index (χ2v) is 5.24. The first-order valence-electron chi connectivity index (χ1n) is 7.16. The maximum absolute atomic E-state index is 12.9. The Bertz CT molecular complexity index is 852. The van der Waals surface area contributed by atoms with Crippen LogP contribution in [0.15, 0.2) is 67.4 Å². The molecule has 0 aliphatic rings. The monoisotopic (exact) mass is 313 g/mol. The standard InChI is InChI=1S/C19H14F3N/c1-2-6-17-16-10-9-15(19(20,21)22)11-14(16)12-23-18(17)13-7-4-3-5-8-13/h2-5,7-12H,1,6H2. The van der Waals surface area contributed by atoms with Gasteiger partial charge in [0.25, 0.3) is 0 Å². The van der Waals surface area contributed by atoms with Gasteiger partial charge in [-0.2, -0.15) is 13.2 Å². The zero-order valence-electron chi connectivity index (χ0n) is 12.3. The number of hydrogen-bond donors (Lipinski definition) is 0. The molecule has 0 saturated carbocycles. The molecular formula is C19H14F3N. The molecule has 2 aromatic carbocycles. The largest absolute Gasteiger partial charge is 0.416 e. The van der Waals surface area contributed by atoms with Gasteiger partial charge in [-0.3, -0.25) is 4.98 Å². The van der Waals surface area contributed by atoms with E-state index in [2.05, 4.69) is 11.6 Å². The van der Waals surface area contributed by atoms with Gasteiger partial charge in [-0.1, -0.05) is 42.5 Å². The lowest BCUT2D eigenvalue weighted by molar-refractivity contribution is -0.137. The SMILES string of the molecule is C=CCc1c(-c2ccccc2)ncc2cc(C(F)(F)F)ccc12. The zero-order valence-corrected chi connectivity index (χ0v) is 12.3. The van der Waals surface area contributed by atoms with Crippen LogP contribution in [-0.4, -0.2) is 4.98 Å². The Balaban J connectivity index is 2.24. The summed E-state index contributed by atoms with van der Waals surface area (Å²) in [6.07, 6.45) is -0.578. The number of rotatable bonds is 3. The van der Waals surface area contributed by atoms with Gasteiger partial charge < -0.3 is 0 Å². The molecule has 0 aliphatic heterocycles. The summed E-state index contributed by atoms with van der Waals surface area (Å²) in [6.45, 7) is 3.75. The van der Waals surface area contributed by atoms with Crippen LogP contribution in [0.25, 0.3) is 22.0 Å². The summed E-state index contributed by atoms with van der Waals surface area (Å²) in [5.74, 6) is 0. The molecule has 0 unspecified atom stereocenters. The van der Waals surface area contributed by atoms with Crippen molar-refractivity contribution in [1.82, 2.24) is 4.98 Å². The van der Waals surface area contributed by atoms with Crippen LogP contribution in [0.4, 0.5) is 13.2 Å². The number of benzene rings is 2. The highest BCUT2D eigenvalue weighted by molar-refractivity contribution is 5.90. The lowest BCUT2D eigenvalue weighted by Gasteiger charge is -2.13. The Hall–Kier alpha value is -2.62. The van der Waals surface area contributed by atoms with Gasteiger partial charge in [-0.25, -0.2) is 0 Å². The van der Waals surface area contributed by atoms with E-state index in [-0.39, 0.29) is 0 Å². The van der Waals surface area contributed by atoms with Gasteiger partial charge in [0.1, 0.15) is 0 Å². The Morgan fingerprint density at radius 3 is 2.43 bits per heavy atom. The lowest BCUT2D eigenvalue weighted by atomic mass is 9.96. The molecule has 0 N–H and O–H groups in total. The molecule has 0 aliphatic carbocycles. The Kier molecular flexibility index (Phi) is 3.90. The molecule has 1 nitrogen and oxygen atoms in total. The second kappa shape index (κ2) is 5.88. The zero-order chi connectivity index (χ0) is 16.4. The van der Waals surface area contributed by atoms with Crippen LogP contribution < -0.4 is 0 Å². The molecule has 0 atom stereocenters. The summed E-state index contributed by atoms with van der Waals surface area (Å²) in [4.78, 5) is 4.40. The predicted molar refractivity (Wildman–Crippen MR) is 86.1 cm³/mol. The molecular weight excluding hydrogens is 299 g/mol. The Labute approximate surface area is 132 Å². The average molecular weight is 313 g/mol. The maximum atomic E-state index is 12.9. The van der Waals surface area contributed by atoms with E-state index >= 15 is 0 Å². The molecule has 0 saturated heterocycles. The normalized spacial score (nSPS) is 11.6. The third-order valence-corrected chi connectivity index (χ3v) is 3.72. The highest BCUT2D eigenvalue weighted by atomic mass is 19.4. The Morgan fingerprint density at radius 1 is 1.04 bits per heavy atom. The Morgan fingerprint density at radius 2 is 1.78 bits per heavy atom. The van der Waals surface area contributed by atoms with Gasteiger partial charge in [0.05, 0.1) is 11.3 Å². The van der Waals surface area contributed by atoms with Crippen molar-refractivity contribution in [3.8, 4) is 11.3 Å². The summed E-state index contributed by atoms with van der Waals surface area (Å²) in [7, 11) is 0.